The number of nitro benzene ring substituents is 1. The number of nitro groups is 1. The van der Waals surface area contributed by atoms with E-state index in [-0.39, 0.29) is 5.56 Å². The third-order valence-corrected chi connectivity index (χ3v) is 2.38. The molecule has 1 aromatic carbocycles. The molecule has 1 rings (SSSR count). The van der Waals surface area contributed by atoms with Gasteiger partial charge in [-0.15, -0.1) is 0 Å². The Morgan fingerprint density at radius 3 is 2.72 bits per heavy atom. The first-order valence-electron chi connectivity index (χ1n) is 5.36. The third-order valence-electron chi connectivity index (χ3n) is 2.38. The van der Waals surface area contributed by atoms with Crippen molar-refractivity contribution in [3.05, 3.63) is 39.7 Å². The highest BCUT2D eigenvalue weighted by molar-refractivity contribution is 5.94. The van der Waals surface area contributed by atoms with E-state index in [4.69, 9.17) is 5.73 Å². The smallest absolute Gasteiger partial charge is 0.273 e. The minimum absolute atomic E-state index is 0.0405. The molecule has 0 saturated heterocycles. The van der Waals surface area contributed by atoms with E-state index >= 15 is 0 Å². The fourth-order valence-corrected chi connectivity index (χ4v) is 1.45. The zero-order valence-corrected chi connectivity index (χ0v) is 9.93. The molecule has 1 aromatic rings. The highest BCUT2D eigenvalue weighted by atomic mass is 19.1. The lowest BCUT2D eigenvalue weighted by Crippen LogP contribution is -2.29. The van der Waals surface area contributed by atoms with Crippen molar-refractivity contribution in [3.63, 3.8) is 0 Å². The molecular weight excluding hydrogens is 241 g/mol. The van der Waals surface area contributed by atoms with Crippen molar-refractivity contribution >= 4 is 11.6 Å². The molecule has 98 valence electrons. The van der Waals surface area contributed by atoms with Gasteiger partial charge in [0.2, 0.25) is 0 Å². The van der Waals surface area contributed by atoms with Gasteiger partial charge in [-0.25, -0.2) is 4.39 Å². The van der Waals surface area contributed by atoms with Gasteiger partial charge in [-0.3, -0.25) is 14.9 Å². The second kappa shape index (κ2) is 6.06. The molecular formula is C11H14FN3O3. The summed E-state index contributed by atoms with van der Waals surface area (Å²) in [6.45, 7) is 0.848. The fourth-order valence-electron chi connectivity index (χ4n) is 1.45. The Morgan fingerprint density at radius 1 is 1.50 bits per heavy atom. The molecule has 0 aliphatic carbocycles. The first kappa shape index (κ1) is 14.0. The minimum Gasteiger partial charge on any atom is -0.342 e. The number of benzene rings is 1. The van der Waals surface area contributed by atoms with E-state index in [1.807, 2.05) is 0 Å². The molecule has 0 saturated carbocycles. The van der Waals surface area contributed by atoms with Crippen molar-refractivity contribution in [2.24, 2.45) is 5.73 Å². The summed E-state index contributed by atoms with van der Waals surface area (Å²) in [5.41, 5.74) is 4.84. The molecule has 0 atom stereocenters. The van der Waals surface area contributed by atoms with Crippen LogP contribution in [0, 0.1) is 15.9 Å². The Hall–Kier alpha value is -2.02. The monoisotopic (exact) mass is 255 g/mol. The van der Waals surface area contributed by atoms with E-state index in [0.717, 1.165) is 18.2 Å². The van der Waals surface area contributed by atoms with E-state index in [0.29, 0.717) is 19.5 Å². The van der Waals surface area contributed by atoms with Gasteiger partial charge in [0.05, 0.1) is 11.0 Å². The van der Waals surface area contributed by atoms with Crippen LogP contribution in [0.5, 0.6) is 0 Å². The number of hydrogen-bond donors (Lipinski definition) is 1. The molecule has 18 heavy (non-hydrogen) atoms. The van der Waals surface area contributed by atoms with Gasteiger partial charge in [0, 0.05) is 25.2 Å². The molecule has 0 fully saturated rings. The zero-order valence-electron chi connectivity index (χ0n) is 9.93. The topological polar surface area (TPSA) is 89.5 Å². The number of hydrogen-bond acceptors (Lipinski definition) is 4. The first-order valence-corrected chi connectivity index (χ1v) is 5.36. The van der Waals surface area contributed by atoms with Crippen molar-refractivity contribution in [1.82, 2.24) is 4.90 Å². The van der Waals surface area contributed by atoms with E-state index in [1.165, 1.54) is 11.9 Å². The molecule has 0 aliphatic heterocycles. The van der Waals surface area contributed by atoms with Gasteiger partial charge in [0.15, 0.2) is 0 Å². The summed E-state index contributed by atoms with van der Waals surface area (Å²) in [4.78, 5) is 23.1. The summed E-state index contributed by atoms with van der Waals surface area (Å²) in [6.07, 6.45) is 0.611. The quantitative estimate of drug-likeness (QED) is 0.631. The molecule has 7 heteroatoms. The lowest BCUT2D eigenvalue weighted by molar-refractivity contribution is -0.385. The highest BCUT2D eigenvalue weighted by Crippen LogP contribution is 2.17. The van der Waals surface area contributed by atoms with Crippen molar-refractivity contribution in [2.75, 3.05) is 20.1 Å². The van der Waals surface area contributed by atoms with Crippen LogP contribution in [0.4, 0.5) is 10.1 Å². The van der Waals surface area contributed by atoms with Crippen LogP contribution in [-0.2, 0) is 0 Å². The van der Waals surface area contributed by atoms with Gasteiger partial charge in [0.25, 0.3) is 11.6 Å². The van der Waals surface area contributed by atoms with E-state index in [9.17, 15) is 19.3 Å². The molecule has 2 N–H and O–H groups in total. The summed E-state index contributed by atoms with van der Waals surface area (Å²) >= 11 is 0. The van der Waals surface area contributed by atoms with E-state index < -0.39 is 22.3 Å². The average molecular weight is 255 g/mol. The zero-order chi connectivity index (χ0) is 13.7. The predicted octanol–water partition coefficient (Wildman–Crippen LogP) is 1.15. The number of halogens is 1. The Labute approximate surface area is 103 Å². The first-order chi connectivity index (χ1) is 8.45. The normalized spacial score (nSPS) is 10.2. The number of amides is 1. The Balaban J connectivity index is 2.95. The van der Waals surface area contributed by atoms with E-state index in [1.54, 1.807) is 0 Å². The maximum Gasteiger partial charge on any atom is 0.273 e. The van der Waals surface area contributed by atoms with Crippen LogP contribution in [0.15, 0.2) is 18.2 Å². The standard InChI is InChI=1S/C11H14FN3O3/c1-14(4-2-3-13)11(16)8-5-9(12)7-10(6-8)15(17)18/h5-7H,2-4,13H2,1H3. The summed E-state index contributed by atoms with van der Waals surface area (Å²) in [5.74, 6) is -1.27. The Kier molecular flexibility index (Phi) is 4.73. The van der Waals surface area contributed by atoms with Crippen LogP contribution in [0.1, 0.15) is 16.8 Å². The van der Waals surface area contributed by atoms with Crippen LogP contribution in [0.2, 0.25) is 0 Å². The molecule has 6 nitrogen and oxygen atoms in total. The van der Waals surface area contributed by atoms with Crippen LogP contribution < -0.4 is 5.73 Å². The largest absolute Gasteiger partial charge is 0.342 e. The van der Waals surface area contributed by atoms with Crippen molar-refractivity contribution in [2.45, 2.75) is 6.42 Å². The lowest BCUT2D eigenvalue weighted by Gasteiger charge is -2.16. The second-order valence-electron chi connectivity index (χ2n) is 3.82. The molecule has 0 unspecified atom stereocenters. The van der Waals surface area contributed by atoms with E-state index in [2.05, 4.69) is 0 Å². The number of nitrogens with two attached hydrogens (primary N) is 1. The van der Waals surface area contributed by atoms with Gasteiger partial charge in [-0.1, -0.05) is 0 Å². The molecule has 0 bridgehead atoms. The van der Waals surface area contributed by atoms with Gasteiger partial charge >= 0.3 is 0 Å². The van der Waals surface area contributed by atoms with Gasteiger partial charge in [-0.2, -0.15) is 0 Å². The van der Waals surface area contributed by atoms with Gasteiger partial charge < -0.3 is 10.6 Å². The summed E-state index contributed by atoms with van der Waals surface area (Å²) in [6, 6.07) is 2.81. The molecule has 0 heterocycles. The maximum absolute atomic E-state index is 13.2. The summed E-state index contributed by atoms with van der Waals surface area (Å²) in [7, 11) is 1.54. The van der Waals surface area contributed by atoms with Crippen LogP contribution in [0.3, 0.4) is 0 Å². The maximum atomic E-state index is 13.2. The second-order valence-corrected chi connectivity index (χ2v) is 3.82. The Bertz CT molecular complexity index is 465. The molecule has 1 amide bonds. The van der Waals surface area contributed by atoms with Crippen LogP contribution in [-0.4, -0.2) is 35.9 Å². The van der Waals surface area contributed by atoms with Crippen molar-refractivity contribution in [3.8, 4) is 0 Å². The highest BCUT2D eigenvalue weighted by Gasteiger charge is 2.17. The number of rotatable bonds is 5. The third kappa shape index (κ3) is 3.49. The molecule has 0 radical (unpaired) electrons. The van der Waals surface area contributed by atoms with Crippen molar-refractivity contribution < 1.29 is 14.1 Å². The SMILES string of the molecule is CN(CCCN)C(=O)c1cc(F)cc([N+](=O)[O-])c1. The lowest BCUT2D eigenvalue weighted by atomic mass is 10.1. The average Bonchev–Trinajstić information content (AvgIpc) is 2.34. The van der Waals surface area contributed by atoms with Crippen molar-refractivity contribution in [1.29, 1.82) is 0 Å². The molecule has 0 aromatic heterocycles. The fraction of sp³-hybridized carbons (Fsp3) is 0.364. The Morgan fingerprint density at radius 2 is 2.17 bits per heavy atom. The van der Waals surface area contributed by atoms with Gasteiger partial charge in [0.1, 0.15) is 5.82 Å². The van der Waals surface area contributed by atoms with Crippen LogP contribution >= 0.6 is 0 Å². The number of carbonyl (C=O) groups excluding carboxylic acids is 1. The molecule has 0 spiro atoms. The van der Waals surface area contributed by atoms with Crippen LogP contribution in [0.25, 0.3) is 0 Å². The summed E-state index contributed by atoms with van der Waals surface area (Å²) in [5, 5.41) is 10.6. The number of nitrogens with zero attached hydrogens (tertiary/aromatic N) is 2. The number of carbonyl (C=O) groups is 1. The van der Waals surface area contributed by atoms with Gasteiger partial charge in [-0.05, 0) is 19.0 Å². The number of non-ortho nitro benzene ring substituents is 1. The summed E-state index contributed by atoms with van der Waals surface area (Å²) < 4.78 is 13.2. The predicted molar refractivity (Wildman–Crippen MR) is 63.7 cm³/mol. The molecule has 0 aliphatic rings. The minimum atomic E-state index is -0.806.